The topological polar surface area (TPSA) is 97.2 Å². The predicted molar refractivity (Wildman–Crippen MR) is 75.0 cm³/mol. The first-order chi connectivity index (χ1) is 9.36. The van der Waals surface area contributed by atoms with E-state index in [-0.39, 0.29) is 10.0 Å². The Bertz CT molecular complexity index is 960. The number of hydrogen-bond donors (Lipinski definition) is 1. The van der Waals surface area contributed by atoms with Crippen molar-refractivity contribution in [3.63, 3.8) is 0 Å². The van der Waals surface area contributed by atoms with Gasteiger partial charge in [0.15, 0.2) is 0 Å². The van der Waals surface area contributed by atoms with Crippen LogP contribution in [0.15, 0.2) is 29.6 Å². The number of aromatic nitrogens is 2. The highest BCUT2D eigenvalue weighted by atomic mass is 32.2. The molecule has 0 saturated carbocycles. The molecular weight excluding hydrogens is 300 g/mol. The molecule has 8 heteroatoms. The molecule has 0 atom stereocenters. The summed E-state index contributed by atoms with van der Waals surface area (Å²) in [4.78, 5) is 19.1. The number of carboxylic acids is 1. The van der Waals surface area contributed by atoms with Gasteiger partial charge in [0.1, 0.15) is 4.88 Å². The molecule has 2 aromatic heterocycles. The number of fused-ring (bicyclic) bond motifs is 3. The molecule has 3 rings (SSSR count). The van der Waals surface area contributed by atoms with Crippen LogP contribution in [0.3, 0.4) is 0 Å². The summed E-state index contributed by atoms with van der Waals surface area (Å²) in [7, 11) is -3.51. The normalized spacial score (nSPS) is 12.1. The number of sulfone groups is 1. The van der Waals surface area contributed by atoms with Crippen LogP contribution in [-0.4, -0.2) is 35.7 Å². The van der Waals surface area contributed by atoms with Crippen LogP contribution in [0.25, 0.3) is 21.0 Å². The van der Waals surface area contributed by atoms with Crippen molar-refractivity contribution < 1.29 is 18.3 Å². The van der Waals surface area contributed by atoms with Gasteiger partial charge in [-0.3, -0.25) is 0 Å². The van der Waals surface area contributed by atoms with E-state index in [0.717, 1.165) is 22.3 Å². The first kappa shape index (κ1) is 12.9. The molecule has 0 unspecified atom stereocenters. The van der Waals surface area contributed by atoms with E-state index in [2.05, 4.69) is 9.97 Å². The molecule has 0 radical (unpaired) electrons. The number of rotatable bonds is 2. The Kier molecular flexibility index (Phi) is 2.73. The molecule has 0 fully saturated rings. The van der Waals surface area contributed by atoms with E-state index in [1.165, 1.54) is 12.3 Å². The lowest BCUT2D eigenvalue weighted by molar-refractivity contribution is 0.0702. The van der Waals surface area contributed by atoms with Crippen LogP contribution in [0, 0.1) is 0 Å². The maximum atomic E-state index is 11.5. The van der Waals surface area contributed by atoms with Gasteiger partial charge in [-0.25, -0.2) is 23.2 Å². The summed E-state index contributed by atoms with van der Waals surface area (Å²) >= 11 is 1.12. The van der Waals surface area contributed by atoms with E-state index in [0.29, 0.717) is 16.3 Å². The molecule has 0 aliphatic rings. The first-order valence-corrected chi connectivity index (χ1v) is 8.20. The molecule has 0 aliphatic heterocycles. The summed E-state index contributed by atoms with van der Waals surface area (Å²) in [5.41, 5.74) is 0.446. The Morgan fingerprint density at radius 2 is 2.10 bits per heavy atom. The first-order valence-electron chi connectivity index (χ1n) is 5.49. The van der Waals surface area contributed by atoms with Crippen molar-refractivity contribution >= 4 is 48.1 Å². The van der Waals surface area contributed by atoms with Gasteiger partial charge in [-0.1, -0.05) is 0 Å². The lowest BCUT2D eigenvalue weighted by atomic mass is 10.2. The van der Waals surface area contributed by atoms with Crippen molar-refractivity contribution in [1.82, 2.24) is 9.97 Å². The zero-order valence-electron chi connectivity index (χ0n) is 10.2. The quantitative estimate of drug-likeness (QED) is 0.727. The van der Waals surface area contributed by atoms with E-state index in [9.17, 15) is 13.2 Å². The molecule has 1 aromatic carbocycles. The third kappa shape index (κ3) is 2.02. The highest BCUT2D eigenvalue weighted by Gasteiger charge is 2.15. The predicted octanol–water partition coefficient (Wildman–Crippen LogP) is 1.95. The minimum atomic E-state index is -3.51. The fourth-order valence-corrected chi connectivity index (χ4v) is 3.28. The maximum absolute atomic E-state index is 11.5. The number of carbonyl (C=O) groups is 1. The minimum Gasteiger partial charge on any atom is -0.477 e. The molecule has 20 heavy (non-hydrogen) atoms. The molecule has 102 valence electrons. The number of hydrogen-bond acceptors (Lipinski definition) is 6. The Balaban J connectivity index is 2.41. The lowest BCUT2D eigenvalue weighted by Gasteiger charge is -2.01. The fourth-order valence-electron chi connectivity index (χ4n) is 1.88. The van der Waals surface area contributed by atoms with Crippen molar-refractivity contribution in [3.8, 4) is 0 Å². The molecule has 0 saturated heterocycles. The molecule has 0 bridgehead atoms. The number of nitrogens with zero attached hydrogens (tertiary/aromatic N) is 2. The number of thiophene rings is 1. The zero-order valence-corrected chi connectivity index (χ0v) is 11.8. The average Bonchev–Trinajstić information content (AvgIpc) is 2.81. The third-order valence-corrected chi connectivity index (χ3v) is 4.72. The summed E-state index contributed by atoms with van der Waals surface area (Å²) in [5, 5.41) is 10.0. The van der Waals surface area contributed by atoms with Gasteiger partial charge in [0.25, 0.3) is 0 Å². The number of benzene rings is 1. The highest BCUT2D eigenvalue weighted by Crippen LogP contribution is 2.31. The van der Waals surface area contributed by atoms with Crippen molar-refractivity contribution in [1.29, 1.82) is 0 Å². The van der Waals surface area contributed by atoms with Gasteiger partial charge in [0.2, 0.25) is 15.0 Å². The summed E-state index contributed by atoms with van der Waals surface area (Å²) in [6, 6.07) is 5.02. The van der Waals surface area contributed by atoms with E-state index >= 15 is 0 Å². The molecule has 0 aliphatic carbocycles. The van der Waals surface area contributed by atoms with Crippen LogP contribution in [0.1, 0.15) is 9.67 Å². The standard InChI is InChI=1S/C12H8N2O4S2/c1-20(17,18)12-13-5-6-2-3-8-7(10(6)14-12)4-9(19-8)11(15)16/h2-5H,1H3,(H,15,16). The van der Waals surface area contributed by atoms with Crippen LogP contribution in [0.5, 0.6) is 0 Å². The monoisotopic (exact) mass is 308 g/mol. The summed E-state index contributed by atoms with van der Waals surface area (Å²) in [5.74, 6) is -1.02. The minimum absolute atomic E-state index is 0.187. The van der Waals surface area contributed by atoms with Gasteiger partial charge >= 0.3 is 5.97 Å². The molecule has 3 aromatic rings. The van der Waals surface area contributed by atoms with Crippen molar-refractivity contribution in [3.05, 3.63) is 29.3 Å². The van der Waals surface area contributed by atoms with E-state index in [4.69, 9.17) is 5.11 Å². The van der Waals surface area contributed by atoms with Gasteiger partial charge in [0, 0.05) is 27.9 Å². The molecule has 0 amide bonds. The fraction of sp³-hybridized carbons (Fsp3) is 0.0833. The van der Waals surface area contributed by atoms with Crippen molar-refractivity contribution in [2.24, 2.45) is 0 Å². The van der Waals surface area contributed by atoms with Crippen molar-refractivity contribution in [2.45, 2.75) is 5.16 Å². The van der Waals surface area contributed by atoms with Gasteiger partial charge in [-0.05, 0) is 18.2 Å². The maximum Gasteiger partial charge on any atom is 0.345 e. The van der Waals surface area contributed by atoms with Crippen LogP contribution < -0.4 is 0 Å². The van der Waals surface area contributed by atoms with Crippen LogP contribution >= 0.6 is 11.3 Å². The van der Waals surface area contributed by atoms with Crippen LogP contribution in [0.4, 0.5) is 0 Å². The third-order valence-electron chi connectivity index (χ3n) is 2.77. The van der Waals surface area contributed by atoms with Crippen molar-refractivity contribution in [2.75, 3.05) is 6.26 Å². The second-order valence-corrected chi connectivity index (χ2v) is 7.25. The molecule has 1 N–H and O–H groups in total. The average molecular weight is 308 g/mol. The second-order valence-electron chi connectivity index (χ2n) is 4.26. The Labute approximate surface area is 117 Å². The summed E-state index contributed by atoms with van der Waals surface area (Å²) in [6.45, 7) is 0. The molecule has 0 spiro atoms. The van der Waals surface area contributed by atoms with E-state index in [1.54, 1.807) is 12.1 Å². The molecule has 2 heterocycles. The SMILES string of the molecule is CS(=O)(=O)c1ncc2ccc3sc(C(=O)O)cc3c2n1. The van der Waals surface area contributed by atoms with Gasteiger partial charge in [-0.2, -0.15) is 0 Å². The summed E-state index contributed by atoms with van der Waals surface area (Å²) < 4.78 is 23.8. The van der Waals surface area contributed by atoms with Crippen LogP contribution in [0.2, 0.25) is 0 Å². The van der Waals surface area contributed by atoms with E-state index in [1.807, 2.05) is 0 Å². The number of carboxylic acid groups (broad SMARTS) is 1. The Morgan fingerprint density at radius 1 is 1.35 bits per heavy atom. The van der Waals surface area contributed by atoms with Gasteiger partial charge in [0.05, 0.1) is 5.52 Å². The van der Waals surface area contributed by atoms with E-state index < -0.39 is 15.8 Å². The zero-order chi connectivity index (χ0) is 14.5. The Hall–Kier alpha value is -2.06. The second kappa shape index (κ2) is 4.22. The smallest absolute Gasteiger partial charge is 0.345 e. The van der Waals surface area contributed by atoms with Gasteiger partial charge in [-0.15, -0.1) is 11.3 Å². The van der Waals surface area contributed by atoms with Gasteiger partial charge < -0.3 is 5.11 Å². The highest BCUT2D eigenvalue weighted by molar-refractivity contribution is 7.90. The van der Waals surface area contributed by atoms with Crippen LogP contribution in [-0.2, 0) is 9.84 Å². The molecule has 6 nitrogen and oxygen atoms in total. The molecular formula is C12H8N2O4S2. The lowest BCUT2D eigenvalue weighted by Crippen LogP contribution is -2.03. The Morgan fingerprint density at radius 3 is 2.75 bits per heavy atom. The number of aromatic carboxylic acids is 1. The summed E-state index contributed by atoms with van der Waals surface area (Å²) in [6.07, 6.45) is 2.46. The largest absolute Gasteiger partial charge is 0.477 e.